The lowest BCUT2D eigenvalue weighted by Crippen LogP contribution is -2.33. The Hall–Kier alpha value is -2.40. The molecule has 1 aliphatic rings. The topological polar surface area (TPSA) is 71.1 Å². The number of pyridine rings is 1. The van der Waals surface area contributed by atoms with Gasteiger partial charge in [0.25, 0.3) is 11.8 Å². The Morgan fingerprint density at radius 3 is 2.54 bits per heavy atom. The quantitative estimate of drug-likeness (QED) is 0.817. The lowest BCUT2D eigenvalue weighted by atomic mass is 10.1. The van der Waals surface area contributed by atoms with E-state index in [1.54, 1.807) is 12.1 Å². The molecule has 6 heteroatoms. The number of benzene rings is 1. The van der Waals surface area contributed by atoms with Crippen LogP contribution in [0.25, 0.3) is 0 Å². The van der Waals surface area contributed by atoms with Crippen LogP contribution in [0.4, 0.5) is 0 Å². The van der Waals surface area contributed by atoms with Gasteiger partial charge >= 0.3 is 0 Å². The van der Waals surface area contributed by atoms with Crippen LogP contribution < -0.4 is 10.6 Å². The van der Waals surface area contributed by atoms with E-state index in [0.717, 1.165) is 31.2 Å². The first-order valence-electron chi connectivity index (χ1n) is 8.91. The maximum Gasteiger partial charge on any atom is 0.270 e. The third kappa shape index (κ3) is 5.05. The SMILES string of the molecule is O=C(NCCc1ccc(Cl)cc1)c1ccnc(C(=O)NC2CCCC2)c1. The van der Waals surface area contributed by atoms with Gasteiger partial charge in [-0.15, -0.1) is 0 Å². The van der Waals surface area contributed by atoms with Crippen LogP contribution >= 0.6 is 11.6 Å². The van der Waals surface area contributed by atoms with Crippen LogP contribution in [0.5, 0.6) is 0 Å². The van der Waals surface area contributed by atoms with Crippen LogP contribution in [0.3, 0.4) is 0 Å². The second-order valence-corrected chi connectivity index (χ2v) is 6.95. The molecule has 0 saturated heterocycles. The van der Waals surface area contributed by atoms with Crippen molar-refractivity contribution in [1.82, 2.24) is 15.6 Å². The molecule has 136 valence electrons. The molecular formula is C20H22ClN3O2. The van der Waals surface area contributed by atoms with Crippen LogP contribution in [0.2, 0.25) is 5.02 Å². The molecule has 26 heavy (non-hydrogen) atoms. The molecule has 5 nitrogen and oxygen atoms in total. The number of carbonyl (C=O) groups excluding carboxylic acids is 2. The first-order valence-corrected chi connectivity index (χ1v) is 9.29. The highest BCUT2D eigenvalue weighted by Gasteiger charge is 2.19. The summed E-state index contributed by atoms with van der Waals surface area (Å²) in [6, 6.07) is 10.9. The highest BCUT2D eigenvalue weighted by atomic mass is 35.5. The predicted molar refractivity (Wildman–Crippen MR) is 101 cm³/mol. The molecule has 1 aliphatic carbocycles. The summed E-state index contributed by atoms with van der Waals surface area (Å²) in [5.41, 5.74) is 1.82. The van der Waals surface area contributed by atoms with Crippen LogP contribution in [-0.4, -0.2) is 29.4 Å². The zero-order chi connectivity index (χ0) is 18.4. The summed E-state index contributed by atoms with van der Waals surface area (Å²) < 4.78 is 0. The Bertz CT molecular complexity index is 771. The largest absolute Gasteiger partial charge is 0.352 e. The molecule has 1 aromatic heterocycles. The molecular weight excluding hydrogens is 350 g/mol. The van der Waals surface area contributed by atoms with Crippen LogP contribution in [-0.2, 0) is 6.42 Å². The van der Waals surface area contributed by atoms with E-state index in [0.29, 0.717) is 23.6 Å². The number of halogens is 1. The van der Waals surface area contributed by atoms with Crippen molar-refractivity contribution >= 4 is 23.4 Å². The number of aromatic nitrogens is 1. The van der Waals surface area contributed by atoms with Crippen LogP contribution in [0.1, 0.15) is 52.1 Å². The molecule has 1 fully saturated rings. The van der Waals surface area contributed by atoms with Crippen molar-refractivity contribution in [1.29, 1.82) is 0 Å². The van der Waals surface area contributed by atoms with Crippen molar-refractivity contribution in [2.75, 3.05) is 6.54 Å². The van der Waals surface area contributed by atoms with Crippen molar-refractivity contribution < 1.29 is 9.59 Å². The van der Waals surface area contributed by atoms with E-state index < -0.39 is 0 Å². The van der Waals surface area contributed by atoms with Gasteiger partial charge in [0, 0.05) is 29.4 Å². The fourth-order valence-electron chi connectivity index (χ4n) is 3.10. The fraction of sp³-hybridized carbons (Fsp3) is 0.350. The summed E-state index contributed by atoms with van der Waals surface area (Å²) in [6.07, 6.45) is 6.52. The van der Waals surface area contributed by atoms with Gasteiger partial charge in [0.1, 0.15) is 5.69 Å². The minimum Gasteiger partial charge on any atom is -0.352 e. The summed E-state index contributed by atoms with van der Waals surface area (Å²) >= 11 is 5.86. The number of nitrogens with zero attached hydrogens (tertiary/aromatic N) is 1. The second kappa shape index (κ2) is 8.81. The van der Waals surface area contributed by atoms with E-state index in [2.05, 4.69) is 15.6 Å². The van der Waals surface area contributed by atoms with E-state index >= 15 is 0 Å². The molecule has 2 amide bonds. The molecule has 2 aromatic rings. The summed E-state index contributed by atoms with van der Waals surface area (Å²) in [6.45, 7) is 0.506. The summed E-state index contributed by atoms with van der Waals surface area (Å²) in [5.74, 6) is -0.427. The number of nitrogens with one attached hydrogen (secondary N) is 2. The number of hydrogen-bond acceptors (Lipinski definition) is 3. The van der Waals surface area contributed by atoms with Gasteiger partial charge in [0.15, 0.2) is 0 Å². The minimum atomic E-state index is -0.215. The summed E-state index contributed by atoms with van der Waals surface area (Å²) in [5, 5.41) is 6.55. The van der Waals surface area contributed by atoms with Gasteiger partial charge in [-0.2, -0.15) is 0 Å². The molecule has 1 heterocycles. The predicted octanol–water partition coefficient (Wildman–Crippen LogP) is 3.38. The lowest BCUT2D eigenvalue weighted by molar-refractivity contribution is 0.0933. The van der Waals surface area contributed by atoms with Gasteiger partial charge < -0.3 is 10.6 Å². The Kier molecular flexibility index (Phi) is 6.23. The Morgan fingerprint density at radius 1 is 1.08 bits per heavy atom. The summed E-state index contributed by atoms with van der Waals surface area (Å²) in [4.78, 5) is 28.7. The minimum absolute atomic E-state index is 0.212. The molecule has 1 saturated carbocycles. The van der Waals surface area contributed by atoms with Crippen molar-refractivity contribution in [3.05, 3.63) is 64.4 Å². The van der Waals surface area contributed by atoms with Gasteiger partial charge in [-0.05, 0) is 49.1 Å². The van der Waals surface area contributed by atoms with Gasteiger partial charge in [-0.1, -0.05) is 36.6 Å². The normalized spacial score (nSPS) is 14.2. The zero-order valence-electron chi connectivity index (χ0n) is 14.5. The van der Waals surface area contributed by atoms with E-state index in [1.807, 2.05) is 24.3 Å². The molecule has 0 bridgehead atoms. The highest BCUT2D eigenvalue weighted by molar-refractivity contribution is 6.30. The maximum absolute atomic E-state index is 12.3. The number of rotatable bonds is 6. The Balaban J connectivity index is 1.53. The van der Waals surface area contributed by atoms with Gasteiger partial charge in [-0.25, -0.2) is 0 Å². The molecule has 0 atom stereocenters. The maximum atomic E-state index is 12.3. The van der Waals surface area contributed by atoms with Crippen molar-refractivity contribution in [2.24, 2.45) is 0 Å². The van der Waals surface area contributed by atoms with E-state index in [9.17, 15) is 9.59 Å². The monoisotopic (exact) mass is 371 g/mol. The van der Waals surface area contributed by atoms with E-state index in [-0.39, 0.29) is 23.6 Å². The first-order chi connectivity index (χ1) is 12.6. The molecule has 2 N–H and O–H groups in total. The first kappa shape index (κ1) is 18.4. The smallest absolute Gasteiger partial charge is 0.270 e. The van der Waals surface area contributed by atoms with Crippen molar-refractivity contribution in [3.8, 4) is 0 Å². The van der Waals surface area contributed by atoms with E-state index in [1.165, 1.54) is 6.20 Å². The molecule has 3 rings (SSSR count). The van der Waals surface area contributed by atoms with Crippen LogP contribution in [0, 0.1) is 0 Å². The van der Waals surface area contributed by atoms with Gasteiger partial charge in [-0.3, -0.25) is 14.6 Å². The fourth-order valence-corrected chi connectivity index (χ4v) is 3.22. The standard InChI is InChI=1S/C20H22ClN3O2/c21-16-7-5-14(6-8-16)9-11-23-19(25)15-10-12-22-18(13-15)20(26)24-17-3-1-2-4-17/h5-8,10,12-13,17H,1-4,9,11H2,(H,23,25)(H,24,26). The average Bonchev–Trinajstić information content (AvgIpc) is 3.16. The Labute approximate surface area is 158 Å². The molecule has 0 aliphatic heterocycles. The van der Waals surface area contributed by atoms with Gasteiger partial charge in [0.2, 0.25) is 0 Å². The molecule has 1 aromatic carbocycles. The number of amides is 2. The average molecular weight is 372 g/mol. The van der Waals surface area contributed by atoms with Crippen molar-refractivity contribution in [2.45, 2.75) is 38.1 Å². The lowest BCUT2D eigenvalue weighted by Gasteiger charge is -2.12. The molecule has 0 unspecified atom stereocenters. The van der Waals surface area contributed by atoms with Crippen LogP contribution in [0.15, 0.2) is 42.6 Å². The third-order valence-electron chi connectivity index (χ3n) is 4.56. The molecule has 0 spiro atoms. The van der Waals surface area contributed by atoms with Gasteiger partial charge in [0.05, 0.1) is 0 Å². The number of carbonyl (C=O) groups is 2. The number of hydrogen-bond donors (Lipinski definition) is 2. The van der Waals surface area contributed by atoms with Crippen molar-refractivity contribution in [3.63, 3.8) is 0 Å². The second-order valence-electron chi connectivity index (χ2n) is 6.52. The Morgan fingerprint density at radius 2 is 1.81 bits per heavy atom. The third-order valence-corrected chi connectivity index (χ3v) is 4.81. The summed E-state index contributed by atoms with van der Waals surface area (Å²) in [7, 11) is 0. The van der Waals surface area contributed by atoms with E-state index in [4.69, 9.17) is 11.6 Å². The zero-order valence-corrected chi connectivity index (χ0v) is 15.3. The highest BCUT2D eigenvalue weighted by Crippen LogP contribution is 2.18. The molecule has 0 radical (unpaired) electrons.